The van der Waals surface area contributed by atoms with Crippen molar-refractivity contribution in [3.63, 3.8) is 0 Å². The predicted molar refractivity (Wildman–Crippen MR) is 125 cm³/mol. The van der Waals surface area contributed by atoms with Gasteiger partial charge in [0.1, 0.15) is 11.9 Å². The molecule has 0 saturated carbocycles. The van der Waals surface area contributed by atoms with Crippen LogP contribution in [0.2, 0.25) is 0 Å². The Labute approximate surface area is 190 Å². The molecular weight excluding hydrogens is 406 g/mol. The molecule has 2 N–H and O–H groups in total. The van der Waals surface area contributed by atoms with Crippen molar-refractivity contribution >= 4 is 5.96 Å². The molecule has 1 fully saturated rings. The molecule has 0 bridgehead atoms. The van der Waals surface area contributed by atoms with E-state index in [2.05, 4.69) is 42.7 Å². The molecule has 4 rings (SSSR count). The second-order valence-electron chi connectivity index (χ2n) is 8.09. The van der Waals surface area contributed by atoms with Crippen LogP contribution in [0.15, 0.2) is 41.4 Å². The van der Waals surface area contributed by atoms with E-state index in [1.807, 2.05) is 18.2 Å². The minimum atomic E-state index is 0.122. The van der Waals surface area contributed by atoms with Crippen LogP contribution in [0.25, 0.3) is 0 Å². The number of benzene rings is 2. The minimum Gasteiger partial charge on any atom is -0.490 e. The first-order chi connectivity index (χ1) is 15.7. The molecular formula is C25H33N3O4. The third-order valence-electron chi connectivity index (χ3n) is 5.43. The third kappa shape index (κ3) is 6.07. The van der Waals surface area contributed by atoms with E-state index < -0.39 is 0 Å². The second kappa shape index (κ2) is 11.1. The van der Waals surface area contributed by atoms with E-state index in [9.17, 15) is 0 Å². The summed E-state index contributed by atoms with van der Waals surface area (Å²) in [5, 5.41) is 6.76. The smallest absolute Gasteiger partial charge is 0.191 e. The minimum absolute atomic E-state index is 0.122. The number of ether oxygens (including phenoxy) is 4. The number of guanidine groups is 1. The normalized spacial score (nSPS) is 18.2. The summed E-state index contributed by atoms with van der Waals surface area (Å²) in [5.74, 6) is 3.27. The van der Waals surface area contributed by atoms with Crippen molar-refractivity contribution in [2.45, 2.75) is 45.9 Å². The number of aryl methyl sites for hydroxylation is 1. The van der Waals surface area contributed by atoms with E-state index in [1.165, 1.54) is 5.56 Å². The second-order valence-corrected chi connectivity index (χ2v) is 8.09. The van der Waals surface area contributed by atoms with Gasteiger partial charge < -0.3 is 29.6 Å². The van der Waals surface area contributed by atoms with Crippen LogP contribution in [-0.4, -0.2) is 45.0 Å². The Bertz CT molecular complexity index is 925. The number of nitrogens with zero attached hydrogens (tertiary/aromatic N) is 1. The molecule has 0 aliphatic carbocycles. The standard InChI is InChI=1S/C25H33N3O4/c1-3-26-25(27-15-19-6-8-22-24(14-19)31-11-4-10-30-22)28-16-20-7-5-18(2)13-23(20)32-21-9-12-29-17-21/h5-8,13-14,21H,3-4,9-12,15-17H2,1-2H3,(H2,26,27,28). The van der Waals surface area contributed by atoms with Crippen molar-refractivity contribution in [3.05, 3.63) is 53.1 Å². The molecule has 2 aromatic rings. The Morgan fingerprint density at radius 3 is 2.75 bits per heavy atom. The van der Waals surface area contributed by atoms with Gasteiger partial charge in [-0.25, -0.2) is 4.99 Å². The van der Waals surface area contributed by atoms with Crippen LogP contribution in [0, 0.1) is 6.92 Å². The number of rotatable bonds is 7. The summed E-state index contributed by atoms with van der Waals surface area (Å²) in [6.45, 7) is 8.88. The number of fused-ring (bicyclic) bond motifs is 1. The van der Waals surface area contributed by atoms with E-state index >= 15 is 0 Å². The highest BCUT2D eigenvalue weighted by Crippen LogP contribution is 2.30. The van der Waals surface area contributed by atoms with E-state index in [4.69, 9.17) is 23.9 Å². The average Bonchev–Trinajstić information content (AvgIpc) is 3.19. The van der Waals surface area contributed by atoms with Crippen LogP contribution < -0.4 is 24.8 Å². The fraction of sp³-hybridized carbons (Fsp3) is 0.480. The zero-order valence-corrected chi connectivity index (χ0v) is 19.0. The van der Waals surface area contributed by atoms with E-state index in [0.717, 1.165) is 60.3 Å². The fourth-order valence-electron chi connectivity index (χ4n) is 3.70. The fourth-order valence-corrected chi connectivity index (χ4v) is 3.70. The first-order valence-electron chi connectivity index (χ1n) is 11.5. The SMILES string of the molecule is CCNC(=NCc1ccc2c(c1)OCCCO2)NCc1ccc(C)cc1OC1CCOC1. The lowest BCUT2D eigenvalue weighted by Crippen LogP contribution is -2.37. The van der Waals surface area contributed by atoms with Crippen molar-refractivity contribution in [2.75, 3.05) is 33.0 Å². The Kier molecular flexibility index (Phi) is 7.72. The van der Waals surface area contributed by atoms with Crippen LogP contribution in [0.3, 0.4) is 0 Å². The van der Waals surface area contributed by atoms with Crippen molar-refractivity contribution in [3.8, 4) is 17.2 Å². The first-order valence-corrected chi connectivity index (χ1v) is 11.5. The largest absolute Gasteiger partial charge is 0.490 e. The van der Waals surface area contributed by atoms with Gasteiger partial charge >= 0.3 is 0 Å². The first kappa shape index (κ1) is 22.3. The van der Waals surface area contributed by atoms with Crippen LogP contribution in [0.5, 0.6) is 17.2 Å². The maximum absolute atomic E-state index is 6.22. The summed E-state index contributed by atoms with van der Waals surface area (Å²) in [6.07, 6.45) is 1.95. The number of hydrogen-bond donors (Lipinski definition) is 2. The topological polar surface area (TPSA) is 73.3 Å². The van der Waals surface area contributed by atoms with Gasteiger partial charge in [0.05, 0.1) is 33.0 Å². The van der Waals surface area contributed by atoms with Gasteiger partial charge in [0.15, 0.2) is 17.5 Å². The molecule has 1 unspecified atom stereocenters. The monoisotopic (exact) mass is 439 g/mol. The van der Waals surface area contributed by atoms with Crippen molar-refractivity contribution in [1.29, 1.82) is 0 Å². The Morgan fingerprint density at radius 2 is 1.94 bits per heavy atom. The molecule has 2 aromatic carbocycles. The van der Waals surface area contributed by atoms with Gasteiger partial charge in [-0.2, -0.15) is 0 Å². The van der Waals surface area contributed by atoms with Gasteiger partial charge in [-0.15, -0.1) is 0 Å². The van der Waals surface area contributed by atoms with E-state index in [0.29, 0.717) is 32.9 Å². The molecule has 0 radical (unpaired) electrons. The van der Waals surface area contributed by atoms with Gasteiger partial charge in [0.2, 0.25) is 0 Å². The third-order valence-corrected chi connectivity index (χ3v) is 5.43. The summed E-state index contributed by atoms with van der Waals surface area (Å²) in [6, 6.07) is 12.3. The Balaban J connectivity index is 1.41. The molecule has 0 amide bonds. The zero-order valence-electron chi connectivity index (χ0n) is 19.0. The molecule has 0 aromatic heterocycles. The maximum atomic E-state index is 6.22. The summed E-state index contributed by atoms with van der Waals surface area (Å²) in [4.78, 5) is 4.76. The highest BCUT2D eigenvalue weighted by atomic mass is 16.5. The lowest BCUT2D eigenvalue weighted by atomic mass is 10.1. The van der Waals surface area contributed by atoms with Crippen LogP contribution in [0.1, 0.15) is 36.5 Å². The Hall–Kier alpha value is -2.93. The maximum Gasteiger partial charge on any atom is 0.191 e. The molecule has 7 nitrogen and oxygen atoms in total. The predicted octanol–water partition coefficient (Wildman–Crippen LogP) is 3.58. The number of aliphatic imine (C=N–C) groups is 1. The molecule has 2 heterocycles. The molecule has 0 spiro atoms. The summed E-state index contributed by atoms with van der Waals surface area (Å²) in [7, 11) is 0. The highest BCUT2D eigenvalue weighted by molar-refractivity contribution is 5.79. The van der Waals surface area contributed by atoms with Crippen molar-refractivity contribution < 1.29 is 18.9 Å². The van der Waals surface area contributed by atoms with E-state index in [-0.39, 0.29) is 6.10 Å². The zero-order chi connectivity index (χ0) is 22.2. The molecule has 1 saturated heterocycles. The highest BCUT2D eigenvalue weighted by Gasteiger charge is 2.19. The lowest BCUT2D eigenvalue weighted by Gasteiger charge is -2.18. The molecule has 1 atom stereocenters. The van der Waals surface area contributed by atoms with Crippen LogP contribution in [-0.2, 0) is 17.8 Å². The van der Waals surface area contributed by atoms with Gasteiger partial charge in [-0.3, -0.25) is 0 Å². The van der Waals surface area contributed by atoms with Gasteiger partial charge in [0.25, 0.3) is 0 Å². The number of hydrogen-bond acceptors (Lipinski definition) is 5. The van der Waals surface area contributed by atoms with Gasteiger partial charge in [0, 0.05) is 31.5 Å². The quantitative estimate of drug-likeness (QED) is 0.508. The number of nitrogens with one attached hydrogen (secondary N) is 2. The van der Waals surface area contributed by atoms with Crippen molar-refractivity contribution in [1.82, 2.24) is 10.6 Å². The van der Waals surface area contributed by atoms with Gasteiger partial charge in [-0.05, 0) is 43.2 Å². The van der Waals surface area contributed by atoms with Crippen molar-refractivity contribution in [2.24, 2.45) is 4.99 Å². The van der Waals surface area contributed by atoms with Gasteiger partial charge in [-0.1, -0.05) is 18.2 Å². The van der Waals surface area contributed by atoms with E-state index in [1.54, 1.807) is 0 Å². The summed E-state index contributed by atoms with van der Waals surface area (Å²) >= 11 is 0. The van der Waals surface area contributed by atoms with Crippen LogP contribution in [0.4, 0.5) is 0 Å². The average molecular weight is 440 g/mol. The summed E-state index contributed by atoms with van der Waals surface area (Å²) in [5.41, 5.74) is 3.35. The molecule has 2 aliphatic rings. The Morgan fingerprint density at radius 1 is 1.06 bits per heavy atom. The molecule has 32 heavy (non-hydrogen) atoms. The lowest BCUT2D eigenvalue weighted by molar-refractivity contribution is 0.140. The molecule has 2 aliphatic heterocycles. The molecule has 172 valence electrons. The van der Waals surface area contributed by atoms with Crippen LogP contribution >= 0.6 is 0 Å². The summed E-state index contributed by atoms with van der Waals surface area (Å²) < 4.78 is 23.2. The molecule has 7 heteroatoms.